The molecule has 1 aliphatic rings. The van der Waals surface area contributed by atoms with Gasteiger partial charge in [0, 0.05) is 23.3 Å². The standard InChI is InChI=1S/C12H16ClNOS/c1-8-11(5-6-15-8)16-12-9(7-14)3-2-4-10(12)13/h2-4,8,11H,5-7,14H2,1H3. The summed E-state index contributed by atoms with van der Waals surface area (Å²) in [7, 11) is 0. The minimum Gasteiger partial charge on any atom is -0.377 e. The van der Waals surface area contributed by atoms with Crippen molar-refractivity contribution in [2.24, 2.45) is 5.73 Å². The molecular formula is C12H16ClNOS. The van der Waals surface area contributed by atoms with Gasteiger partial charge in [0.05, 0.1) is 11.1 Å². The van der Waals surface area contributed by atoms with Crippen LogP contribution in [0.1, 0.15) is 18.9 Å². The third-order valence-corrected chi connectivity index (χ3v) is 4.91. The van der Waals surface area contributed by atoms with E-state index in [1.165, 1.54) is 0 Å². The predicted molar refractivity (Wildman–Crippen MR) is 69.0 cm³/mol. The molecule has 2 nitrogen and oxygen atoms in total. The predicted octanol–water partition coefficient (Wildman–Crippen LogP) is 3.07. The number of benzene rings is 1. The summed E-state index contributed by atoms with van der Waals surface area (Å²) in [4.78, 5) is 1.12. The molecule has 0 aromatic heterocycles. The Bertz CT molecular complexity index is 372. The highest BCUT2D eigenvalue weighted by atomic mass is 35.5. The number of halogens is 1. The fraction of sp³-hybridized carbons (Fsp3) is 0.500. The van der Waals surface area contributed by atoms with Crippen LogP contribution in [0.2, 0.25) is 5.02 Å². The van der Waals surface area contributed by atoms with E-state index in [0.29, 0.717) is 17.9 Å². The van der Waals surface area contributed by atoms with Crippen molar-refractivity contribution in [2.45, 2.75) is 36.1 Å². The van der Waals surface area contributed by atoms with E-state index in [2.05, 4.69) is 6.92 Å². The van der Waals surface area contributed by atoms with E-state index < -0.39 is 0 Å². The second-order valence-electron chi connectivity index (χ2n) is 3.95. The van der Waals surface area contributed by atoms with Crippen LogP contribution < -0.4 is 5.73 Å². The van der Waals surface area contributed by atoms with E-state index >= 15 is 0 Å². The second-order valence-corrected chi connectivity index (χ2v) is 5.61. The first-order valence-corrected chi connectivity index (χ1v) is 6.74. The van der Waals surface area contributed by atoms with Crippen LogP contribution in [0.3, 0.4) is 0 Å². The Morgan fingerprint density at radius 2 is 2.38 bits per heavy atom. The van der Waals surface area contributed by atoms with E-state index in [4.69, 9.17) is 22.1 Å². The molecule has 2 rings (SSSR count). The van der Waals surface area contributed by atoms with Crippen molar-refractivity contribution < 1.29 is 4.74 Å². The average molecular weight is 258 g/mol. The normalized spacial score (nSPS) is 24.9. The number of ether oxygens (including phenoxy) is 1. The van der Waals surface area contributed by atoms with Crippen molar-refractivity contribution in [1.29, 1.82) is 0 Å². The van der Waals surface area contributed by atoms with Gasteiger partial charge in [0.1, 0.15) is 0 Å². The molecule has 1 saturated heterocycles. The lowest BCUT2D eigenvalue weighted by atomic mass is 10.2. The molecule has 0 bridgehead atoms. The van der Waals surface area contributed by atoms with Crippen LogP contribution in [0.25, 0.3) is 0 Å². The van der Waals surface area contributed by atoms with Crippen LogP contribution in [0.15, 0.2) is 23.1 Å². The molecule has 0 spiro atoms. The zero-order chi connectivity index (χ0) is 11.5. The average Bonchev–Trinajstić information content (AvgIpc) is 2.67. The lowest BCUT2D eigenvalue weighted by Crippen LogP contribution is -2.13. The zero-order valence-electron chi connectivity index (χ0n) is 9.28. The molecule has 0 amide bonds. The number of hydrogen-bond donors (Lipinski definition) is 1. The Kier molecular flexibility index (Phi) is 4.14. The van der Waals surface area contributed by atoms with Crippen LogP contribution >= 0.6 is 23.4 Å². The SMILES string of the molecule is CC1OCCC1Sc1c(Cl)cccc1CN. The van der Waals surface area contributed by atoms with Gasteiger partial charge < -0.3 is 10.5 Å². The Morgan fingerprint density at radius 3 is 3.00 bits per heavy atom. The van der Waals surface area contributed by atoms with Gasteiger partial charge in [-0.15, -0.1) is 11.8 Å². The highest BCUT2D eigenvalue weighted by Gasteiger charge is 2.26. The van der Waals surface area contributed by atoms with Gasteiger partial charge >= 0.3 is 0 Å². The molecule has 0 radical (unpaired) electrons. The van der Waals surface area contributed by atoms with Crippen molar-refractivity contribution in [3.8, 4) is 0 Å². The molecule has 1 heterocycles. The van der Waals surface area contributed by atoms with E-state index in [9.17, 15) is 0 Å². The molecule has 1 aromatic rings. The number of nitrogens with two attached hydrogens (primary N) is 1. The summed E-state index contributed by atoms with van der Waals surface area (Å²) in [5.74, 6) is 0. The van der Waals surface area contributed by atoms with Crippen LogP contribution in [0.5, 0.6) is 0 Å². The van der Waals surface area contributed by atoms with Gasteiger partial charge in [-0.05, 0) is 25.0 Å². The largest absolute Gasteiger partial charge is 0.377 e. The molecule has 1 aliphatic heterocycles. The molecule has 2 unspecified atom stereocenters. The van der Waals surface area contributed by atoms with E-state index in [1.807, 2.05) is 18.2 Å². The first-order valence-electron chi connectivity index (χ1n) is 5.48. The maximum Gasteiger partial charge on any atom is 0.0669 e. The molecule has 1 aromatic carbocycles. The van der Waals surface area contributed by atoms with Gasteiger partial charge in [-0.1, -0.05) is 23.7 Å². The van der Waals surface area contributed by atoms with Gasteiger partial charge in [0.25, 0.3) is 0 Å². The quantitative estimate of drug-likeness (QED) is 0.904. The van der Waals surface area contributed by atoms with Crippen molar-refractivity contribution in [3.05, 3.63) is 28.8 Å². The summed E-state index contributed by atoms with van der Waals surface area (Å²) in [5.41, 5.74) is 6.85. The van der Waals surface area contributed by atoms with Gasteiger partial charge in [-0.3, -0.25) is 0 Å². The third-order valence-electron chi connectivity index (χ3n) is 2.84. The number of thioether (sulfide) groups is 1. The zero-order valence-corrected chi connectivity index (χ0v) is 10.9. The first kappa shape index (κ1) is 12.2. The lowest BCUT2D eigenvalue weighted by molar-refractivity contribution is 0.127. The molecule has 0 saturated carbocycles. The minimum absolute atomic E-state index is 0.298. The van der Waals surface area contributed by atoms with Crippen LogP contribution in [-0.4, -0.2) is 18.0 Å². The molecule has 2 N–H and O–H groups in total. The van der Waals surface area contributed by atoms with Crippen molar-refractivity contribution in [2.75, 3.05) is 6.61 Å². The fourth-order valence-corrected chi connectivity index (χ4v) is 3.46. The second kappa shape index (κ2) is 5.41. The summed E-state index contributed by atoms with van der Waals surface area (Å²) < 4.78 is 5.56. The lowest BCUT2D eigenvalue weighted by Gasteiger charge is -2.16. The van der Waals surface area contributed by atoms with Crippen LogP contribution in [-0.2, 0) is 11.3 Å². The third kappa shape index (κ3) is 2.54. The van der Waals surface area contributed by atoms with Crippen LogP contribution in [0.4, 0.5) is 0 Å². The van der Waals surface area contributed by atoms with Gasteiger partial charge in [-0.25, -0.2) is 0 Å². The summed E-state index contributed by atoms with van der Waals surface area (Å²) in [6.07, 6.45) is 1.38. The number of hydrogen-bond acceptors (Lipinski definition) is 3. The Balaban J connectivity index is 2.19. The Labute approximate surface area is 105 Å². The fourth-order valence-electron chi connectivity index (χ4n) is 1.86. The molecule has 0 aliphatic carbocycles. The molecule has 4 heteroatoms. The van der Waals surface area contributed by atoms with Gasteiger partial charge in [-0.2, -0.15) is 0 Å². The smallest absolute Gasteiger partial charge is 0.0669 e. The maximum absolute atomic E-state index is 6.22. The molecule has 16 heavy (non-hydrogen) atoms. The van der Waals surface area contributed by atoms with Crippen molar-refractivity contribution >= 4 is 23.4 Å². The van der Waals surface area contributed by atoms with E-state index in [1.54, 1.807) is 11.8 Å². The molecular weight excluding hydrogens is 242 g/mol. The van der Waals surface area contributed by atoms with Crippen LogP contribution in [0, 0.1) is 0 Å². The van der Waals surface area contributed by atoms with Crippen molar-refractivity contribution in [3.63, 3.8) is 0 Å². The first-order chi connectivity index (χ1) is 7.72. The summed E-state index contributed by atoms with van der Waals surface area (Å²) in [6.45, 7) is 3.50. The summed E-state index contributed by atoms with van der Waals surface area (Å²) in [5, 5.41) is 1.29. The monoisotopic (exact) mass is 257 g/mol. The van der Waals surface area contributed by atoms with E-state index in [0.717, 1.165) is 28.5 Å². The van der Waals surface area contributed by atoms with Gasteiger partial charge in [0.2, 0.25) is 0 Å². The number of rotatable bonds is 3. The highest BCUT2D eigenvalue weighted by Crippen LogP contribution is 2.38. The topological polar surface area (TPSA) is 35.2 Å². The Morgan fingerprint density at radius 1 is 1.56 bits per heavy atom. The maximum atomic E-state index is 6.22. The van der Waals surface area contributed by atoms with E-state index in [-0.39, 0.29) is 0 Å². The van der Waals surface area contributed by atoms with Gasteiger partial charge in [0.15, 0.2) is 0 Å². The summed E-state index contributed by atoms with van der Waals surface area (Å²) >= 11 is 8.02. The molecule has 2 atom stereocenters. The molecule has 1 fully saturated rings. The molecule has 88 valence electrons. The van der Waals surface area contributed by atoms with Crippen molar-refractivity contribution in [1.82, 2.24) is 0 Å². The summed E-state index contributed by atoms with van der Waals surface area (Å²) in [6, 6.07) is 5.90. The minimum atomic E-state index is 0.298. The Hall–Kier alpha value is -0.220. The highest BCUT2D eigenvalue weighted by molar-refractivity contribution is 8.00.